The Labute approximate surface area is 92.9 Å². The topological polar surface area (TPSA) is 51.0 Å². The summed E-state index contributed by atoms with van der Waals surface area (Å²) in [4.78, 5) is 13.1. The number of carbonyl (C=O) groups is 1. The Morgan fingerprint density at radius 3 is 3.00 bits per heavy atom. The number of fused-ring (bicyclic) bond motifs is 1. The minimum Gasteiger partial charge on any atom is -0.268 e. The molecule has 5 nitrogen and oxygen atoms in total. The van der Waals surface area contributed by atoms with Gasteiger partial charge in [0.05, 0.1) is 0 Å². The van der Waals surface area contributed by atoms with Crippen molar-refractivity contribution < 1.29 is 4.79 Å². The fraction of sp³-hybridized carbons (Fsp3) is 0.182. The molecule has 1 aromatic carbocycles. The van der Waals surface area contributed by atoms with E-state index in [4.69, 9.17) is 0 Å². The van der Waals surface area contributed by atoms with Crippen LogP contribution in [0.3, 0.4) is 0 Å². The molecule has 0 radical (unpaired) electrons. The van der Waals surface area contributed by atoms with Crippen LogP contribution in [0.1, 0.15) is 6.92 Å². The van der Waals surface area contributed by atoms with E-state index in [1.54, 1.807) is 0 Å². The highest BCUT2D eigenvalue weighted by molar-refractivity contribution is 5.96. The second kappa shape index (κ2) is 4.14. The largest absolute Gasteiger partial charge is 0.268 e. The number of para-hydroxylation sites is 1. The first-order valence-corrected chi connectivity index (χ1v) is 5.02. The van der Waals surface area contributed by atoms with Crippen molar-refractivity contribution in [1.82, 2.24) is 15.1 Å². The van der Waals surface area contributed by atoms with E-state index < -0.39 is 0 Å². The summed E-state index contributed by atoms with van der Waals surface area (Å²) in [5.41, 5.74) is 1.57. The fourth-order valence-corrected chi connectivity index (χ4v) is 1.52. The Kier molecular flexibility index (Phi) is 2.68. The summed E-state index contributed by atoms with van der Waals surface area (Å²) in [7, 11) is 0. The van der Waals surface area contributed by atoms with Crippen molar-refractivity contribution in [3.8, 4) is 0 Å². The third kappa shape index (κ3) is 1.56. The molecule has 16 heavy (non-hydrogen) atoms. The van der Waals surface area contributed by atoms with Crippen LogP contribution < -0.4 is 5.01 Å². The van der Waals surface area contributed by atoms with Crippen molar-refractivity contribution in [2.45, 2.75) is 6.92 Å². The first kappa shape index (κ1) is 10.4. The lowest BCUT2D eigenvalue weighted by molar-refractivity contribution is -0.115. The molecule has 1 heterocycles. The molecule has 0 atom stereocenters. The van der Waals surface area contributed by atoms with Crippen LogP contribution in [0.5, 0.6) is 0 Å². The Hall–Kier alpha value is -2.17. The highest BCUT2D eigenvalue weighted by Crippen LogP contribution is 2.10. The molecule has 0 saturated carbocycles. The molecule has 0 fully saturated rings. The van der Waals surface area contributed by atoms with Gasteiger partial charge in [-0.25, -0.2) is 5.01 Å². The maximum atomic E-state index is 11.6. The van der Waals surface area contributed by atoms with Gasteiger partial charge in [-0.1, -0.05) is 18.7 Å². The second-order valence-corrected chi connectivity index (χ2v) is 3.23. The quantitative estimate of drug-likeness (QED) is 0.722. The lowest BCUT2D eigenvalue weighted by Crippen LogP contribution is -2.39. The summed E-state index contributed by atoms with van der Waals surface area (Å²) in [6.45, 7) is 5.85. The zero-order valence-corrected chi connectivity index (χ0v) is 9.00. The molecule has 2 rings (SSSR count). The van der Waals surface area contributed by atoms with Crippen LogP contribution in [-0.4, -0.2) is 27.6 Å². The van der Waals surface area contributed by atoms with Gasteiger partial charge in [0, 0.05) is 6.54 Å². The Bertz CT molecular complexity index is 532. The van der Waals surface area contributed by atoms with Crippen molar-refractivity contribution in [3.05, 3.63) is 36.9 Å². The molecule has 0 N–H and O–H groups in total. The molecule has 82 valence electrons. The molecule has 0 unspecified atom stereocenters. The van der Waals surface area contributed by atoms with E-state index >= 15 is 0 Å². The lowest BCUT2D eigenvalue weighted by Gasteiger charge is -2.18. The highest BCUT2D eigenvalue weighted by Gasteiger charge is 2.14. The average molecular weight is 216 g/mol. The van der Waals surface area contributed by atoms with Gasteiger partial charge in [0.25, 0.3) is 5.91 Å². The standard InChI is InChI=1S/C11H12N4O/c1-3-11(16)14(4-2)15-10-8-6-5-7-9(10)12-13-15/h3,5-8H,1,4H2,2H3. The van der Waals surface area contributed by atoms with Crippen molar-refractivity contribution in [2.24, 2.45) is 0 Å². The molecule has 0 aliphatic rings. The van der Waals surface area contributed by atoms with Gasteiger partial charge < -0.3 is 0 Å². The summed E-state index contributed by atoms with van der Waals surface area (Å²) in [6.07, 6.45) is 1.26. The van der Waals surface area contributed by atoms with Gasteiger partial charge in [-0.2, -0.15) is 0 Å². The third-order valence-electron chi connectivity index (χ3n) is 2.29. The van der Waals surface area contributed by atoms with Crippen molar-refractivity contribution in [2.75, 3.05) is 11.6 Å². The van der Waals surface area contributed by atoms with Crippen molar-refractivity contribution >= 4 is 16.9 Å². The maximum absolute atomic E-state index is 11.6. The predicted octanol–water partition coefficient (Wildman–Crippen LogP) is 1.10. The van der Waals surface area contributed by atoms with E-state index in [1.165, 1.54) is 15.9 Å². The third-order valence-corrected chi connectivity index (χ3v) is 2.29. The molecule has 0 saturated heterocycles. The van der Waals surface area contributed by atoms with Crippen molar-refractivity contribution in [3.63, 3.8) is 0 Å². The van der Waals surface area contributed by atoms with Crippen LogP contribution in [-0.2, 0) is 4.79 Å². The van der Waals surface area contributed by atoms with E-state index in [0.717, 1.165) is 11.0 Å². The van der Waals surface area contributed by atoms with Crippen molar-refractivity contribution in [1.29, 1.82) is 0 Å². The molecule has 2 aromatic rings. The van der Waals surface area contributed by atoms with Gasteiger partial charge in [0.2, 0.25) is 0 Å². The van der Waals surface area contributed by atoms with Crippen LogP contribution in [0.25, 0.3) is 11.0 Å². The zero-order chi connectivity index (χ0) is 11.5. The molecule has 0 spiro atoms. The number of aromatic nitrogens is 3. The molecule has 5 heteroatoms. The fourth-order valence-electron chi connectivity index (χ4n) is 1.52. The lowest BCUT2D eigenvalue weighted by atomic mass is 10.3. The van der Waals surface area contributed by atoms with E-state index in [2.05, 4.69) is 16.9 Å². The number of benzene rings is 1. The Morgan fingerprint density at radius 2 is 2.31 bits per heavy atom. The van der Waals surface area contributed by atoms with Gasteiger partial charge in [-0.3, -0.25) is 4.79 Å². The van der Waals surface area contributed by atoms with Crippen LogP contribution in [0.15, 0.2) is 36.9 Å². The number of amides is 1. The minimum atomic E-state index is -0.196. The number of likely N-dealkylation sites (N-methyl/N-ethyl adjacent to an activating group) is 1. The summed E-state index contributed by atoms with van der Waals surface area (Å²) in [5, 5.41) is 9.42. The van der Waals surface area contributed by atoms with E-state index in [-0.39, 0.29) is 5.91 Å². The zero-order valence-electron chi connectivity index (χ0n) is 9.00. The van der Waals surface area contributed by atoms with Crippen LogP contribution >= 0.6 is 0 Å². The average Bonchev–Trinajstić information content (AvgIpc) is 2.74. The number of hydrogen-bond donors (Lipinski definition) is 0. The van der Waals surface area contributed by atoms with E-state index in [9.17, 15) is 4.79 Å². The van der Waals surface area contributed by atoms with E-state index in [0.29, 0.717) is 6.54 Å². The van der Waals surface area contributed by atoms with E-state index in [1.807, 2.05) is 31.2 Å². The molecule has 1 amide bonds. The normalized spacial score (nSPS) is 10.3. The first-order valence-electron chi connectivity index (χ1n) is 5.02. The summed E-state index contributed by atoms with van der Waals surface area (Å²) in [5.74, 6) is -0.196. The highest BCUT2D eigenvalue weighted by atomic mass is 16.2. The predicted molar refractivity (Wildman–Crippen MR) is 61.5 cm³/mol. The number of nitrogens with zero attached hydrogens (tertiary/aromatic N) is 4. The van der Waals surface area contributed by atoms with Crippen LogP contribution in [0.2, 0.25) is 0 Å². The molecule has 0 aliphatic heterocycles. The van der Waals surface area contributed by atoms with Gasteiger partial charge >= 0.3 is 0 Å². The van der Waals surface area contributed by atoms with Crippen LogP contribution in [0.4, 0.5) is 0 Å². The molecule has 0 aliphatic carbocycles. The number of rotatable bonds is 3. The van der Waals surface area contributed by atoms with Gasteiger partial charge in [-0.15, -0.1) is 9.89 Å². The Balaban J connectivity index is 2.53. The summed E-state index contributed by atoms with van der Waals surface area (Å²) < 4.78 is 0. The monoisotopic (exact) mass is 216 g/mol. The molecular weight excluding hydrogens is 204 g/mol. The second-order valence-electron chi connectivity index (χ2n) is 3.23. The molecular formula is C11H12N4O. The van der Waals surface area contributed by atoms with Gasteiger partial charge in [-0.05, 0) is 30.3 Å². The number of hydrogen-bond acceptors (Lipinski definition) is 3. The summed E-state index contributed by atoms with van der Waals surface area (Å²) >= 11 is 0. The SMILES string of the molecule is C=CC(=O)N(CC)n1nnc2ccccc21. The maximum Gasteiger partial charge on any atom is 0.266 e. The van der Waals surface area contributed by atoms with Crippen LogP contribution in [0, 0.1) is 0 Å². The number of carbonyl (C=O) groups excluding carboxylic acids is 1. The first-order chi connectivity index (χ1) is 7.77. The smallest absolute Gasteiger partial charge is 0.266 e. The Morgan fingerprint density at radius 1 is 1.56 bits per heavy atom. The molecule has 1 aromatic heterocycles. The van der Waals surface area contributed by atoms with Gasteiger partial charge in [0.15, 0.2) is 0 Å². The minimum absolute atomic E-state index is 0.196. The molecule has 0 bridgehead atoms. The van der Waals surface area contributed by atoms with Gasteiger partial charge in [0.1, 0.15) is 11.0 Å². The summed E-state index contributed by atoms with van der Waals surface area (Å²) in [6, 6.07) is 7.49.